The largest absolute Gasteiger partial charge is 0.248 e. The van der Waals surface area contributed by atoms with E-state index in [2.05, 4.69) is 31.2 Å². The molecule has 0 nitrogen and oxygen atoms in total. The summed E-state index contributed by atoms with van der Waals surface area (Å²) in [6.07, 6.45) is 2.38. The van der Waals surface area contributed by atoms with E-state index < -0.39 is 5.92 Å². The molecule has 0 heterocycles. The average Bonchev–Trinajstić information content (AvgIpc) is 2.29. The molecular weight excluding hydrogens is 206 g/mol. The summed E-state index contributed by atoms with van der Waals surface area (Å²) in [4.78, 5) is 0. The van der Waals surface area contributed by atoms with Gasteiger partial charge in [-0.25, -0.2) is 8.78 Å². The molecule has 0 aromatic heterocycles. The van der Waals surface area contributed by atoms with Crippen molar-refractivity contribution in [3.05, 3.63) is 35.4 Å². The van der Waals surface area contributed by atoms with Gasteiger partial charge in [-0.3, -0.25) is 0 Å². The topological polar surface area (TPSA) is 0 Å². The van der Waals surface area contributed by atoms with E-state index in [-0.39, 0.29) is 12.8 Å². The molecule has 2 rings (SSSR count). The van der Waals surface area contributed by atoms with Crippen LogP contribution < -0.4 is 0 Å². The highest BCUT2D eigenvalue weighted by atomic mass is 19.3. The zero-order valence-electron chi connectivity index (χ0n) is 9.68. The molecule has 0 radical (unpaired) electrons. The molecule has 1 fully saturated rings. The minimum absolute atomic E-state index is 0.0488. The number of alkyl halides is 2. The van der Waals surface area contributed by atoms with Crippen molar-refractivity contribution in [2.24, 2.45) is 0 Å². The van der Waals surface area contributed by atoms with Crippen molar-refractivity contribution < 1.29 is 8.78 Å². The molecule has 2 heteroatoms. The van der Waals surface area contributed by atoms with E-state index in [1.807, 2.05) is 0 Å². The Morgan fingerprint density at radius 3 is 2.19 bits per heavy atom. The zero-order valence-corrected chi connectivity index (χ0v) is 9.68. The maximum Gasteiger partial charge on any atom is 0.248 e. The highest BCUT2D eigenvalue weighted by Gasteiger charge is 2.35. The van der Waals surface area contributed by atoms with E-state index in [4.69, 9.17) is 0 Å². The average molecular weight is 224 g/mol. The second-order valence-corrected chi connectivity index (χ2v) is 4.73. The molecule has 1 aromatic rings. The standard InChI is InChI=1S/C14H18F2/c1-2-11-3-5-12(6-4-11)13-7-9-14(15,16)10-8-13/h3-6,13H,2,7-10H2,1H3. The summed E-state index contributed by atoms with van der Waals surface area (Å²) in [5.41, 5.74) is 2.54. The minimum atomic E-state index is -2.42. The van der Waals surface area contributed by atoms with Crippen molar-refractivity contribution in [3.8, 4) is 0 Å². The lowest BCUT2D eigenvalue weighted by Crippen LogP contribution is -2.23. The van der Waals surface area contributed by atoms with Gasteiger partial charge < -0.3 is 0 Å². The van der Waals surface area contributed by atoms with Gasteiger partial charge in [0.15, 0.2) is 0 Å². The summed E-state index contributed by atoms with van der Waals surface area (Å²) in [7, 11) is 0. The molecule has 1 aromatic carbocycles. The third-order valence-corrected chi connectivity index (χ3v) is 3.58. The fraction of sp³-hybridized carbons (Fsp3) is 0.571. The smallest absolute Gasteiger partial charge is 0.207 e. The van der Waals surface area contributed by atoms with Gasteiger partial charge in [-0.15, -0.1) is 0 Å². The minimum Gasteiger partial charge on any atom is -0.207 e. The van der Waals surface area contributed by atoms with Gasteiger partial charge in [0.05, 0.1) is 0 Å². The van der Waals surface area contributed by atoms with Gasteiger partial charge in [0.25, 0.3) is 0 Å². The number of rotatable bonds is 2. The van der Waals surface area contributed by atoms with Crippen molar-refractivity contribution in [2.75, 3.05) is 0 Å². The first-order chi connectivity index (χ1) is 7.61. The lowest BCUT2D eigenvalue weighted by atomic mass is 9.82. The van der Waals surface area contributed by atoms with Gasteiger partial charge in [-0.2, -0.15) is 0 Å². The first-order valence-electron chi connectivity index (χ1n) is 6.07. The van der Waals surface area contributed by atoms with Crippen LogP contribution in [0.15, 0.2) is 24.3 Å². The van der Waals surface area contributed by atoms with E-state index >= 15 is 0 Å². The molecule has 0 N–H and O–H groups in total. The van der Waals surface area contributed by atoms with E-state index in [9.17, 15) is 8.78 Å². The predicted molar refractivity (Wildman–Crippen MR) is 62.0 cm³/mol. The fourth-order valence-corrected chi connectivity index (χ4v) is 2.40. The van der Waals surface area contributed by atoms with Crippen LogP contribution in [0.3, 0.4) is 0 Å². The maximum atomic E-state index is 13.0. The summed E-state index contributed by atoms with van der Waals surface area (Å²) >= 11 is 0. The Labute approximate surface area is 95.7 Å². The van der Waals surface area contributed by atoms with Crippen LogP contribution in [0, 0.1) is 0 Å². The van der Waals surface area contributed by atoms with Crippen LogP contribution in [0.25, 0.3) is 0 Å². The maximum absolute atomic E-state index is 13.0. The molecule has 1 saturated carbocycles. The van der Waals surface area contributed by atoms with Crippen LogP contribution in [0.5, 0.6) is 0 Å². The molecule has 1 aliphatic carbocycles. The van der Waals surface area contributed by atoms with Crippen molar-refractivity contribution in [3.63, 3.8) is 0 Å². The first-order valence-corrected chi connectivity index (χ1v) is 6.07. The SMILES string of the molecule is CCc1ccc(C2CCC(F)(F)CC2)cc1. The van der Waals surface area contributed by atoms with E-state index in [1.165, 1.54) is 11.1 Å². The van der Waals surface area contributed by atoms with Crippen molar-refractivity contribution >= 4 is 0 Å². The summed E-state index contributed by atoms with van der Waals surface area (Å²) < 4.78 is 26.0. The molecule has 0 amide bonds. The second kappa shape index (κ2) is 4.52. The van der Waals surface area contributed by atoms with Gasteiger partial charge >= 0.3 is 0 Å². The van der Waals surface area contributed by atoms with Gasteiger partial charge in [0.2, 0.25) is 5.92 Å². The Bertz CT molecular complexity index is 330. The molecule has 88 valence electrons. The zero-order chi connectivity index (χ0) is 11.6. The Hall–Kier alpha value is -0.920. The molecule has 0 aliphatic heterocycles. The van der Waals surface area contributed by atoms with Crippen LogP contribution >= 0.6 is 0 Å². The van der Waals surface area contributed by atoms with Crippen LogP contribution in [-0.2, 0) is 6.42 Å². The number of halogens is 2. The van der Waals surface area contributed by atoms with Crippen LogP contribution in [0.2, 0.25) is 0 Å². The number of hydrogen-bond acceptors (Lipinski definition) is 0. The summed E-state index contributed by atoms with van der Waals surface area (Å²) in [5, 5.41) is 0. The first kappa shape index (κ1) is 11.6. The molecule has 0 bridgehead atoms. The second-order valence-electron chi connectivity index (χ2n) is 4.73. The van der Waals surface area contributed by atoms with Gasteiger partial charge in [0, 0.05) is 12.8 Å². The number of benzene rings is 1. The highest BCUT2D eigenvalue weighted by molar-refractivity contribution is 5.25. The Kier molecular flexibility index (Phi) is 3.27. The van der Waals surface area contributed by atoms with Gasteiger partial charge in [-0.05, 0) is 36.3 Å². The van der Waals surface area contributed by atoms with Gasteiger partial charge in [0.1, 0.15) is 0 Å². The Morgan fingerprint density at radius 1 is 1.12 bits per heavy atom. The molecular formula is C14H18F2. The quantitative estimate of drug-likeness (QED) is 0.691. The normalized spacial score (nSPS) is 20.9. The molecule has 0 saturated heterocycles. The van der Waals surface area contributed by atoms with E-state index in [1.54, 1.807) is 0 Å². The summed E-state index contributed by atoms with van der Waals surface area (Å²) in [6, 6.07) is 8.43. The van der Waals surface area contributed by atoms with Crippen molar-refractivity contribution in [2.45, 2.75) is 50.9 Å². The molecule has 0 unspecified atom stereocenters. The Morgan fingerprint density at radius 2 is 1.69 bits per heavy atom. The van der Waals surface area contributed by atoms with E-state index in [0.717, 1.165) is 6.42 Å². The number of hydrogen-bond donors (Lipinski definition) is 0. The molecule has 0 atom stereocenters. The van der Waals surface area contributed by atoms with Crippen molar-refractivity contribution in [1.29, 1.82) is 0 Å². The Balaban J connectivity index is 2.03. The third kappa shape index (κ3) is 2.60. The lowest BCUT2D eigenvalue weighted by molar-refractivity contribution is -0.0382. The van der Waals surface area contributed by atoms with Crippen LogP contribution in [-0.4, -0.2) is 5.92 Å². The fourth-order valence-electron chi connectivity index (χ4n) is 2.40. The van der Waals surface area contributed by atoms with Crippen LogP contribution in [0.1, 0.15) is 49.7 Å². The molecule has 16 heavy (non-hydrogen) atoms. The molecule has 0 spiro atoms. The van der Waals surface area contributed by atoms with Crippen LogP contribution in [0.4, 0.5) is 8.78 Å². The van der Waals surface area contributed by atoms with Crippen molar-refractivity contribution in [1.82, 2.24) is 0 Å². The highest BCUT2D eigenvalue weighted by Crippen LogP contribution is 2.40. The van der Waals surface area contributed by atoms with Gasteiger partial charge in [-0.1, -0.05) is 31.2 Å². The van der Waals surface area contributed by atoms with E-state index in [0.29, 0.717) is 18.8 Å². The third-order valence-electron chi connectivity index (χ3n) is 3.58. The predicted octanol–water partition coefficient (Wildman–Crippen LogP) is 4.54. The molecule has 1 aliphatic rings. The number of aryl methyl sites for hydroxylation is 1. The summed E-state index contributed by atoms with van der Waals surface area (Å²) in [5.74, 6) is -2.08. The summed E-state index contributed by atoms with van der Waals surface area (Å²) in [6.45, 7) is 2.12. The monoisotopic (exact) mass is 224 g/mol. The lowest BCUT2D eigenvalue weighted by Gasteiger charge is -2.28.